The van der Waals surface area contributed by atoms with Gasteiger partial charge in [-0.05, 0) is 42.9 Å². The minimum atomic E-state index is -1.80. The minimum Gasteiger partial charge on any atom is -0.616 e. The highest BCUT2D eigenvalue weighted by Crippen LogP contribution is 2.15. The van der Waals surface area contributed by atoms with E-state index >= 15 is 0 Å². The summed E-state index contributed by atoms with van der Waals surface area (Å²) in [4.78, 5) is 132. The third-order valence-electron chi connectivity index (χ3n) is 10.5. The molecule has 10 amide bonds. The van der Waals surface area contributed by atoms with Gasteiger partial charge >= 0.3 is 0 Å². The first-order valence-electron chi connectivity index (χ1n) is 21.5. The van der Waals surface area contributed by atoms with Crippen molar-refractivity contribution in [3.05, 3.63) is 29.8 Å². The number of benzene rings is 1. The number of phenols is 1. The molecule has 0 spiro atoms. The van der Waals surface area contributed by atoms with Crippen molar-refractivity contribution < 1.29 is 62.7 Å². The van der Waals surface area contributed by atoms with Gasteiger partial charge in [0, 0.05) is 26.3 Å². The second-order valence-corrected chi connectivity index (χ2v) is 17.7. The standard InChI is InChI=1S/C41H65N11O13S/c1-5-7-25(36(59)45-20-32(44)56)46-34(58)21-52(4)41(64)27-14-16-66(65)17-15-33(57)47-28(18-23-8-10-24(53)11-9-23)39(62)51-35(22(3)6-2)40(63)48-26(12-13-30(42)54)37(60)50-29(19-31(43)55)38(61)49-27/h8-11,22,25-29,33,35,47,53,57H,5-7,12-21H2,1-4H3,(H2,42,54)(H2,43,55)(H2,44,56)(H,45,59)(H,46,58)(H,48,63)(H,49,61)(H,50,60)(H,51,62)/t22-,25-,26-,27-,28+,29-,33?,35-,66?/m0/s1. The summed E-state index contributed by atoms with van der Waals surface area (Å²) >= 11 is -1.80. The van der Waals surface area contributed by atoms with E-state index in [0.717, 1.165) is 4.90 Å². The number of likely N-dealkylation sites (N-methyl/N-ethyl adjacent to an activating group) is 1. The number of aliphatic hydroxyl groups excluding tert-OH is 1. The molecule has 368 valence electrons. The van der Waals surface area contributed by atoms with E-state index in [1.54, 1.807) is 32.9 Å². The van der Waals surface area contributed by atoms with Crippen LogP contribution in [0.15, 0.2) is 24.3 Å². The molecule has 2 rings (SSSR count). The summed E-state index contributed by atoms with van der Waals surface area (Å²) < 4.78 is 13.4. The van der Waals surface area contributed by atoms with Crippen molar-refractivity contribution in [2.75, 3.05) is 31.6 Å². The van der Waals surface area contributed by atoms with E-state index in [0.29, 0.717) is 18.4 Å². The van der Waals surface area contributed by atoms with E-state index in [4.69, 9.17) is 17.2 Å². The highest BCUT2D eigenvalue weighted by Gasteiger charge is 2.36. The third kappa shape index (κ3) is 20.0. The number of hydrogen-bond donors (Lipinski definition) is 12. The average molecular weight is 952 g/mol. The van der Waals surface area contributed by atoms with Gasteiger partial charge < -0.3 is 68.8 Å². The molecule has 0 radical (unpaired) electrons. The smallest absolute Gasteiger partial charge is 0.245 e. The molecule has 24 nitrogen and oxygen atoms in total. The molecule has 1 heterocycles. The number of phenolic OH excluding ortho intramolecular Hbond substituents is 1. The summed E-state index contributed by atoms with van der Waals surface area (Å²) in [6.45, 7) is 3.99. The van der Waals surface area contributed by atoms with Crippen molar-refractivity contribution in [1.82, 2.24) is 42.1 Å². The predicted octanol–water partition coefficient (Wildman–Crippen LogP) is -4.78. The highest BCUT2D eigenvalue weighted by molar-refractivity contribution is 7.91. The van der Waals surface area contributed by atoms with E-state index < -0.39 is 151 Å². The summed E-state index contributed by atoms with van der Waals surface area (Å²) in [5, 5.41) is 38.5. The molecule has 1 aromatic rings. The molecule has 1 aromatic carbocycles. The fourth-order valence-electron chi connectivity index (χ4n) is 6.64. The summed E-state index contributed by atoms with van der Waals surface area (Å²) in [7, 11) is 1.21. The lowest BCUT2D eigenvalue weighted by molar-refractivity contribution is -0.140. The SMILES string of the molecule is CCC[C@H](NC(=O)CN(C)C(=O)[C@@H]1CC[S+]([O-])CCC(O)N[C@H](Cc2ccc(O)cc2)C(=O)N[C@@H]([C@@H](C)CC)C(=O)N[C@@H](CCC(N)=O)C(=O)N[C@@H](CC(N)=O)C(=O)N1)C(=O)NCC(N)=O. The summed E-state index contributed by atoms with van der Waals surface area (Å²) in [6, 6.07) is -2.68. The lowest BCUT2D eigenvalue weighted by Crippen LogP contribution is -2.61. The van der Waals surface area contributed by atoms with E-state index in [9.17, 15) is 62.7 Å². The van der Waals surface area contributed by atoms with Gasteiger partial charge in [0.25, 0.3) is 0 Å². The van der Waals surface area contributed by atoms with Crippen LogP contribution < -0.4 is 54.4 Å². The van der Waals surface area contributed by atoms with E-state index in [1.807, 2.05) is 0 Å². The van der Waals surface area contributed by atoms with Gasteiger partial charge in [-0.3, -0.25) is 53.3 Å². The first kappa shape index (κ1) is 56.1. The fourth-order valence-corrected chi connectivity index (χ4v) is 7.83. The Balaban J connectivity index is 2.58. The van der Waals surface area contributed by atoms with Crippen LogP contribution in [-0.2, 0) is 65.5 Å². The lowest BCUT2D eigenvalue weighted by Gasteiger charge is -2.30. The molecular weight excluding hydrogens is 887 g/mol. The molecule has 1 saturated heterocycles. The van der Waals surface area contributed by atoms with Crippen LogP contribution in [0.2, 0.25) is 0 Å². The van der Waals surface area contributed by atoms with Crippen molar-refractivity contribution in [3.8, 4) is 5.75 Å². The monoisotopic (exact) mass is 951 g/mol. The quantitative estimate of drug-likeness (QED) is 0.0615. The van der Waals surface area contributed by atoms with Gasteiger partial charge in [-0.2, -0.15) is 0 Å². The number of aliphatic hydroxyl groups is 1. The van der Waals surface area contributed by atoms with Gasteiger partial charge in [0.1, 0.15) is 53.7 Å². The van der Waals surface area contributed by atoms with Crippen LogP contribution in [0.3, 0.4) is 0 Å². The fraction of sp³-hybridized carbons (Fsp3) is 0.610. The number of rotatable bonds is 18. The molecule has 1 aliphatic heterocycles. The molecule has 15 N–H and O–H groups in total. The molecule has 1 aliphatic rings. The second kappa shape index (κ2) is 28.1. The first-order chi connectivity index (χ1) is 31.0. The Hall–Kier alpha value is -6.05. The number of carbonyl (C=O) groups is 10. The molecule has 1 fully saturated rings. The highest BCUT2D eigenvalue weighted by atomic mass is 32.2. The molecule has 25 heteroatoms. The van der Waals surface area contributed by atoms with Gasteiger partial charge in [0.15, 0.2) is 0 Å². The van der Waals surface area contributed by atoms with Crippen molar-refractivity contribution in [1.29, 1.82) is 0 Å². The number of amides is 10. The Labute approximate surface area is 385 Å². The molecule has 9 atom stereocenters. The Bertz CT molecular complexity index is 1880. The number of nitrogens with zero attached hydrogens (tertiary/aromatic N) is 1. The molecule has 0 aliphatic carbocycles. The Morgan fingerprint density at radius 3 is 2.05 bits per heavy atom. The van der Waals surface area contributed by atoms with Crippen LogP contribution >= 0.6 is 0 Å². The predicted molar refractivity (Wildman–Crippen MR) is 238 cm³/mol. The van der Waals surface area contributed by atoms with Gasteiger partial charge in [-0.15, -0.1) is 0 Å². The maximum atomic E-state index is 14.0. The van der Waals surface area contributed by atoms with Crippen LogP contribution in [-0.4, -0.2) is 153 Å². The summed E-state index contributed by atoms with van der Waals surface area (Å²) in [6.07, 6.45) is -2.76. The number of aromatic hydroxyl groups is 1. The molecule has 2 unspecified atom stereocenters. The van der Waals surface area contributed by atoms with Crippen molar-refractivity contribution >= 4 is 70.2 Å². The lowest BCUT2D eigenvalue weighted by atomic mass is 9.96. The first-order valence-corrected chi connectivity index (χ1v) is 23.0. The summed E-state index contributed by atoms with van der Waals surface area (Å²) in [5.41, 5.74) is 16.5. The number of nitrogens with one attached hydrogen (secondary N) is 7. The zero-order chi connectivity index (χ0) is 49.7. The number of hydrogen-bond acceptors (Lipinski definition) is 14. The number of primary amides is 3. The molecule has 0 bridgehead atoms. The maximum absolute atomic E-state index is 14.0. The molecule has 66 heavy (non-hydrogen) atoms. The normalized spacial score (nSPS) is 23.6. The summed E-state index contributed by atoms with van der Waals surface area (Å²) in [5.74, 6) is -10.1. The van der Waals surface area contributed by atoms with E-state index in [2.05, 4.69) is 37.2 Å². The topological polar surface area (TPSA) is 400 Å². The van der Waals surface area contributed by atoms with Gasteiger partial charge in [-0.25, -0.2) is 0 Å². The number of nitrogens with two attached hydrogens (primary N) is 3. The van der Waals surface area contributed by atoms with Gasteiger partial charge in [0.2, 0.25) is 59.1 Å². The third-order valence-corrected chi connectivity index (χ3v) is 11.9. The zero-order valence-electron chi connectivity index (χ0n) is 37.6. The molecule has 0 aromatic heterocycles. The largest absolute Gasteiger partial charge is 0.616 e. The van der Waals surface area contributed by atoms with Crippen LogP contribution in [0.4, 0.5) is 0 Å². The van der Waals surface area contributed by atoms with Crippen molar-refractivity contribution in [2.45, 2.75) is 121 Å². The van der Waals surface area contributed by atoms with Crippen molar-refractivity contribution in [3.63, 3.8) is 0 Å². The van der Waals surface area contributed by atoms with E-state index in [-0.39, 0.29) is 42.9 Å². The molecular formula is C41H65N11O13S. The van der Waals surface area contributed by atoms with Crippen LogP contribution in [0.1, 0.15) is 77.7 Å². The maximum Gasteiger partial charge on any atom is 0.245 e. The van der Waals surface area contributed by atoms with Crippen LogP contribution in [0, 0.1) is 5.92 Å². The van der Waals surface area contributed by atoms with Crippen LogP contribution in [0.25, 0.3) is 0 Å². The Kier molecular flexibility index (Phi) is 23.9. The average Bonchev–Trinajstić information content (AvgIpc) is 3.25. The number of carbonyl (C=O) groups excluding carboxylic acids is 10. The van der Waals surface area contributed by atoms with E-state index in [1.165, 1.54) is 19.2 Å². The van der Waals surface area contributed by atoms with Gasteiger partial charge in [0.05, 0.1) is 25.6 Å². The minimum absolute atomic E-state index is 0.0406. The Morgan fingerprint density at radius 1 is 0.848 bits per heavy atom. The second-order valence-electron chi connectivity index (χ2n) is 16.0. The van der Waals surface area contributed by atoms with Gasteiger partial charge in [-0.1, -0.05) is 56.9 Å². The zero-order valence-corrected chi connectivity index (χ0v) is 38.4. The van der Waals surface area contributed by atoms with Crippen LogP contribution in [0.5, 0.6) is 5.75 Å². The molecule has 0 saturated carbocycles. The Morgan fingerprint density at radius 2 is 1.45 bits per heavy atom. The van der Waals surface area contributed by atoms with Crippen molar-refractivity contribution in [2.24, 2.45) is 23.1 Å².